The van der Waals surface area contributed by atoms with Gasteiger partial charge in [0.15, 0.2) is 0 Å². The van der Waals surface area contributed by atoms with E-state index in [0.717, 1.165) is 6.42 Å². The maximum Gasteiger partial charge on any atom is 0.349 e. The first-order chi connectivity index (χ1) is 14.2. The van der Waals surface area contributed by atoms with Crippen LogP contribution in [0.3, 0.4) is 0 Å². The Morgan fingerprint density at radius 1 is 0.774 bits per heavy atom. The van der Waals surface area contributed by atoms with Crippen molar-refractivity contribution >= 4 is 17.9 Å². The molecule has 7 nitrogen and oxygen atoms in total. The van der Waals surface area contributed by atoms with E-state index in [1.165, 1.54) is 14.2 Å². The highest BCUT2D eigenvalue weighted by Crippen LogP contribution is 2.52. The molecule has 0 bridgehead atoms. The lowest BCUT2D eigenvalue weighted by Crippen LogP contribution is -2.54. The molecule has 2 aliphatic rings. The van der Waals surface area contributed by atoms with Crippen molar-refractivity contribution in [1.82, 2.24) is 0 Å². The van der Waals surface area contributed by atoms with E-state index < -0.39 is 28.2 Å². The van der Waals surface area contributed by atoms with E-state index in [1.54, 1.807) is 13.8 Å². The lowest BCUT2D eigenvalue weighted by atomic mass is 9.55. The number of methoxy groups -OCH3 is 2. The van der Waals surface area contributed by atoms with Gasteiger partial charge in [-0.3, -0.25) is 9.59 Å². The number of allylic oxidation sites excluding steroid dienone is 4. The summed E-state index contributed by atoms with van der Waals surface area (Å²) >= 11 is 0. The van der Waals surface area contributed by atoms with Gasteiger partial charge >= 0.3 is 17.9 Å². The summed E-state index contributed by atoms with van der Waals surface area (Å²) in [5.41, 5.74) is -2.63. The molecular formula is C24H38O7. The first-order valence-corrected chi connectivity index (χ1v) is 10.6. The van der Waals surface area contributed by atoms with Gasteiger partial charge in [0.2, 0.25) is 0 Å². The summed E-state index contributed by atoms with van der Waals surface area (Å²) in [7, 11) is 2.75. The first-order valence-electron chi connectivity index (χ1n) is 10.6. The van der Waals surface area contributed by atoms with Gasteiger partial charge in [-0.1, -0.05) is 52.0 Å². The number of ether oxygens (including phenoxy) is 2. The average Bonchev–Trinajstić information content (AvgIpc) is 2.74. The average molecular weight is 439 g/mol. The van der Waals surface area contributed by atoms with Crippen molar-refractivity contribution in [2.24, 2.45) is 33.5 Å². The molecule has 176 valence electrons. The van der Waals surface area contributed by atoms with Crippen LogP contribution in [0.2, 0.25) is 0 Å². The zero-order valence-electron chi connectivity index (χ0n) is 20.3. The van der Waals surface area contributed by atoms with E-state index in [0.29, 0.717) is 12.3 Å². The zero-order chi connectivity index (χ0) is 24.3. The fraction of sp³-hybridized carbons (Fsp3) is 0.708. The molecular weight excluding hydrogens is 400 g/mol. The number of carbonyl (C=O) groups is 3. The van der Waals surface area contributed by atoms with Crippen LogP contribution in [-0.2, 0) is 28.7 Å². The van der Waals surface area contributed by atoms with Crippen LogP contribution in [0.1, 0.15) is 61.3 Å². The number of rotatable bonds is 3. The summed E-state index contributed by atoms with van der Waals surface area (Å²) < 4.78 is 9.69. The Balaban J connectivity index is 0.000000316. The predicted molar refractivity (Wildman–Crippen MR) is 117 cm³/mol. The standard InChI is InChI=1S/C12H18O5.C12H20O2/c1-8-6-5-7-11(2,9(13)17-15)12(8,3)10(14)16-4;1-9-7-6-8-12(4,10(13)14-5)11(9,2)3/h5-6,8,15H,7H2,1-4H3;6-7,9H,8H2,1-5H3/t8-,11-,12+;9-,12-/m11/s1. The second kappa shape index (κ2) is 9.55. The van der Waals surface area contributed by atoms with Crippen molar-refractivity contribution in [3.63, 3.8) is 0 Å². The van der Waals surface area contributed by atoms with E-state index in [-0.39, 0.29) is 17.3 Å². The van der Waals surface area contributed by atoms with E-state index in [4.69, 9.17) is 14.7 Å². The number of hydrogen-bond acceptors (Lipinski definition) is 7. The maximum absolute atomic E-state index is 12.0. The first kappa shape index (κ1) is 26.9. The van der Waals surface area contributed by atoms with Crippen LogP contribution < -0.4 is 0 Å². The molecule has 0 unspecified atom stereocenters. The Morgan fingerprint density at radius 2 is 1.23 bits per heavy atom. The molecule has 0 heterocycles. The van der Waals surface area contributed by atoms with Gasteiger partial charge in [0.05, 0.1) is 30.5 Å². The molecule has 0 aromatic rings. The summed E-state index contributed by atoms with van der Waals surface area (Å²) in [6, 6.07) is 0. The summed E-state index contributed by atoms with van der Waals surface area (Å²) in [5.74, 6) is -1.18. The molecule has 0 radical (unpaired) electrons. The number of hydrogen-bond donors (Lipinski definition) is 1. The molecule has 0 aromatic heterocycles. The SMILES string of the molecule is COC(=O)[C@@]1(C)CC=C[C@@H](C)C1(C)C.COC(=O)[C@]1(C)[C@H](C)C=CC[C@]1(C)C(=O)OO. The Kier molecular flexibility index (Phi) is 8.28. The molecule has 31 heavy (non-hydrogen) atoms. The van der Waals surface area contributed by atoms with Crippen LogP contribution in [0.5, 0.6) is 0 Å². The highest BCUT2D eigenvalue weighted by Gasteiger charge is 2.60. The van der Waals surface area contributed by atoms with Gasteiger partial charge in [-0.25, -0.2) is 4.79 Å². The summed E-state index contributed by atoms with van der Waals surface area (Å²) in [4.78, 5) is 39.4. The zero-order valence-corrected chi connectivity index (χ0v) is 20.3. The lowest BCUT2D eigenvalue weighted by Gasteiger charge is -2.47. The van der Waals surface area contributed by atoms with Gasteiger partial charge in [0, 0.05) is 0 Å². The van der Waals surface area contributed by atoms with Crippen molar-refractivity contribution in [3.8, 4) is 0 Å². The van der Waals surface area contributed by atoms with Crippen molar-refractivity contribution in [2.75, 3.05) is 14.2 Å². The van der Waals surface area contributed by atoms with Crippen LogP contribution in [-0.4, -0.2) is 37.4 Å². The number of esters is 2. The number of carbonyl (C=O) groups excluding carboxylic acids is 3. The summed E-state index contributed by atoms with van der Waals surface area (Å²) in [5, 5.41) is 8.60. The van der Waals surface area contributed by atoms with E-state index in [1.807, 2.05) is 26.0 Å². The van der Waals surface area contributed by atoms with Crippen molar-refractivity contribution in [1.29, 1.82) is 0 Å². The van der Waals surface area contributed by atoms with Gasteiger partial charge in [-0.15, -0.1) is 0 Å². The third-order valence-corrected chi connectivity index (χ3v) is 8.30. The highest BCUT2D eigenvalue weighted by atomic mass is 17.1. The molecule has 2 rings (SSSR count). The molecule has 0 saturated carbocycles. The minimum absolute atomic E-state index is 0.0468. The Morgan fingerprint density at radius 3 is 1.68 bits per heavy atom. The Labute approximate surface area is 185 Å². The van der Waals surface area contributed by atoms with E-state index in [9.17, 15) is 14.4 Å². The third-order valence-electron chi connectivity index (χ3n) is 8.30. The second-order valence-electron chi connectivity index (χ2n) is 9.79. The molecule has 0 amide bonds. The smallest absolute Gasteiger partial charge is 0.349 e. The summed E-state index contributed by atoms with van der Waals surface area (Å²) in [6.07, 6.45) is 9.05. The molecule has 7 heteroatoms. The second-order valence-corrected chi connectivity index (χ2v) is 9.79. The molecule has 1 N–H and O–H groups in total. The minimum Gasteiger partial charge on any atom is -0.469 e. The van der Waals surface area contributed by atoms with Crippen LogP contribution in [0.4, 0.5) is 0 Å². The third kappa shape index (κ3) is 4.29. The fourth-order valence-electron chi connectivity index (χ4n) is 4.52. The van der Waals surface area contributed by atoms with Gasteiger partial charge in [0.1, 0.15) is 0 Å². The van der Waals surface area contributed by atoms with Crippen LogP contribution >= 0.6 is 0 Å². The molecule has 0 aromatic carbocycles. The normalized spacial score (nSPS) is 35.9. The van der Waals surface area contributed by atoms with E-state index >= 15 is 0 Å². The quantitative estimate of drug-likeness (QED) is 0.226. The van der Waals surface area contributed by atoms with Gasteiger partial charge < -0.3 is 14.4 Å². The lowest BCUT2D eigenvalue weighted by molar-refractivity contribution is -0.253. The van der Waals surface area contributed by atoms with Crippen LogP contribution in [0.15, 0.2) is 24.3 Å². The predicted octanol–water partition coefficient (Wildman–Crippen LogP) is 4.57. The molecule has 0 fully saturated rings. The van der Waals surface area contributed by atoms with Crippen molar-refractivity contribution in [3.05, 3.63) is 24.3 Å². The topological polar surface area (TPSA) is 99.1 Å². The van der Waals surface area contributed by atoms with Crippen molar-refractivity contribution < 1.29 is 34.0 Å². The Hall–Kier alpha value is -2.15. The molecule has 5 atom stereocenters. The highest BCUT2D eigenvalue weighted by molar-refractivity contribution is 5.88. The molecule has 0 saturated heterocycles. The van der Waals surface area contributed by atoms with Crippen LogP contribution in [0.25, 0.3) is 0 Å². The largest absolute Gasteiger partial charge is 0.469 e. The van der Waals surface area contributed by atoms with Gasteiger partial charge in [0.25, 0.3) is 0 Å². The molecule has 0 spiro atoms. The monoisotopic (exact) mass is 438 g/mol. The minimum atomic E-state index is -1.14. The van der Waals surface area contributed by atoms with E-state index in [2.05, 4.69) is 37.8 Å². The van der Waals surface area contributed by atoms with Gasteiger partial charge in [-0.05, 0) is 50.9 Å². The molecule has 2 aliphatic carbocycles. The molecule has 0 aliphatic heterocycles. The summed E-state index contributed by atoms with van der Waals surface area (Å²) in [6.45, 7) is 13.5. The Bertz CT molecular complexity index is 753. The van der Waals surface area contributed by atoms with Crippen LogP contribution in [0, 0.1) is 33.5 Å². The fourth-order valence-corrected chi connectivity index (χ4v) is 4.52. The van der Waals surface area contributed by atoms with Crippen molar-refractivity contribution in [2.45, 2.75) is 61.3 Å². The maximum atomic E-state index is 12.0. The van der Waals surface area contributed by atoms with Gasteiger partial charge in [-0.2, -0.15) is 5.26 Å².